The highest BCUT2D eigenvalue weighted by Crippen LogP contribution is 2.22. The molecule has 2 nitrogen and oxygen atoms in total. The summed E-state index contributed by atoms with van der Waals surface area (Å²) in [6, 6.07) is 3.65. The minimum absolute atomic E-state index is 0.364. The van der Waals surface area contributed by atoms with Gasteiger partial charge in [-0.3, -0.25) is 0 Å². The standard InChI is InChI=1S/C8H9ClFNO/c1-5(11-12)7-4-6(10)2-3-8(7)9/h2-5,11-12H,1H3/t5-/m1/s1. The van der Waals surface area contributed by atoms with Crippen molar-refractivity contribution in [2.45, 2.75) is 13.0 Å². The van der Waals surface area contributed by atoms with Crippen LogP contribution in [0.25, 0.3) is 0 Å². The van der Waals surface area contributed by atoms with Gasteiger partial charge in [0.2, 0.25) is 0 Å². The molecule has 4 heteroatoms. The van der Waals surface area contributed by atoms with Gasteiger partial charge >= 0.3 is 0 Å². The minimum atomic E-state index is -0.367. The summed E-state index contributed by atoms with van der Waals surface area (Å²) in [6.45, 7) is 1.68. The molecule has 12 heavy (non-hydrogen) atoms. The highest BCUT2D eigenvalue weighted by Gasteiger charge is 2.08. The highest BCUT2D eigenvalue weighted by molar-refractivity contribution is 6.31. The Hall–Kier alpha value is -0.640. The van der Waals surface area contributed by atoms with E-state index in [9.17, 15) is 4.39 Å². The molecule has 0 saturated heterocycles. The van der Waals surface area contributed by atoms with Crippen LogP contribution in [0.3, 0.4) is 0 Å². The van der Waals surface area contributed by atoms with Gasteiger partial charge in [-0.1, -0.05) is 11.6 Å². The lowest BCUT2D eigenvalue weighted by Crippen LogP contribution is -2.13. The second-order valence-corrected chi connectivity index (χ2v) is 2.92. The van der Waals surface area contributed by atoms with E-state index in [4.69, 9.17) is 16.8 Å². The molecule has 0 aromatic heterocycles. The molecule has 2 N–H and O–H groups in total. The Morgan fingerprint density at radius 2 is 2.25 bits per heavy atom. The zero-order valence-corrected chi connectivity index (χ0v) is 7.27. The van der Waals surface area contributed by atoms with Crippen LogP contribution < -0.4 is 5.48 Å². The molecule has 1 rings (SSSR count). The zero-order valence-electron chi connectivity index (χ0n) is 6.51. The number of hydrogen-bond acceptors (Lipinski definition) is 2. The van der Waals surface area contributed by atoms with Crippen LogP contribution in [0.5, 0.6) is 0 Å². The molecular formula is C8H9ClFNO. The van der Waals surface area contributed by atoms with Crippen molar-refractivity contribution < 1.29 is 9.60 Å². The van der Waals surface area contributed by atoms with E-state index in [1.165, 1.54) is 18.2 Å². The quantitative estimate of drug-likeness (QED) is 0.701. The van der Waals surface area contributed by atoms with Gasteiger partial charge < -0.3 is 5.21 Å². The molecule has 0 saturated carbocycles. The molecule has 0 amide bonds. The van der Waals surface area contributed by atoms with E-state index in [1.807, 2.05) is 5.48 Å². The van der Waals surface area contributed by atoms with E-state index in [2.05, 4.69) is 0 Å². The average molecular weight is 190 g/mol. The van der Waals surface area contributed by atoms with Gasteiger partial charge in [-0.15, -0.1) is 0 Å². The number of benzene rings is 1. The summed E-state index contributed by atoms with van der Waals surface area (Å²) in [7, 11) is 0. The molecule has 0 aliphatic carbocycles. The molecule has 0 aliphatic heterocycles. The summed E-state index contributed by atoms with van der Waals surface area (Å²) in [5.41, 5.74) is 2.54. The SMILES string of the molecule is C[C@@H](NO)c1cc(F)ccc1Cl. The Morgan fingerprint density at radius 1 is 1.58 bits per heavy atom. The van der Waals surface area contributed by atoms with Gasteiger partial charge in [0.25, 0.3) is 0 Å². The second kappa shape index (κ2) is 3.85. The van der Waals surface area contributed by atoms with E-state index in [0.29, 0.717) is 10.6 Å². The van der Waals surface area contributed by atoms with Crippen LogP contribution in [0.15, 0.2) is 18.2 Å². The van der Waals surface area contributed by atoms with Crippen LogP contribution in [-0.2, 0) is 0 Å². The van der Waals surface area contributed by atoms with Crippen LogP contribution in [-0.4, -0.2) is 5.21 Å². The molecule has 1 atom stereocenters. The second-order valence-electron chi connectivity index (χ2n) is 2.52. The van der Waals surface area contributed by atoms with Gasteiger partial charge in [-0.25, -0.2) is 4.39 Å². The number of rotatable bonds is 2. The van der Waals surface area contributed by atoms with Gasteiger partial charge in [0.1, 0.15) is 5.82 Å². The summed E-state index contributed by atoms with van der Waals surface area (Å²) in [4.78, 5) is 0. The monoisotopic (exact) mass is 189 g/mol. The van der Waals surface area contributed by atoms with Crippen molar-refractivity contribution in [3.8, 4) is 0 Å². The molecule has 0 unspecified atom stereocenters. The van der Waals surface area contributed by atoms with Crippen LogP contribution in [0.1, 0.15) is 18.5 Å². The largest absolute Gasteiger partial charge is 0.316 e. The predicted octanol–water partition coefficient (Wildman–Crippen LogP) is 2.52. The number of hydroxylamine groups is 1. The lowest BCUT2D eigenvalue weighted by molar-refractivity contribution is 0.133. The highest BCUT2D eigenvalue weighted by atomic mass is 35.5. The van der Waals surface area contributed by atoms with E-state index >= 15 is 0 Å². The maximum atomic E-state index is 12.7. The summed E-state index contributed by atoms with van der Waals surface area (Å²) < 4.78 is 12.7. The molecule has 1 aromatic carbocycles. The Kier molecular flexibility index (Phi) is 3.03. The molecule has 0 radical (unpaired) electrons. The van der Waals surface area contributed by atoms with E-state index in [1.54, 1.807) is 6.92 Å². The van der Waals surface area contributed by atoms with E-state index in [0.717, 1.165) is 0 Å². The lowest BCUT2D eigenvalue weighted by atomic mass is 10.1. The first kappa shape index (κ1) is 9.45. The fourth-order valence-electron chi connectivity index (χ4n) is 0.916. The molecular weight excluding hydrogens is 181 g/mol. The van der Waals surface area contributed by atoms with Gasteiger partial charge in [0.05, 0.1) is 6.04 Å². The third kappa shape index (κ3) is 1.94. The average Bonchev–Trinajstić information content (AvgIpc) is 2.08. The number of halogens is 2. The smallest absolute Gasteiger partial charge is 0.123 e. The molecule has 0 bridgehead atoms. The topological polar surface area (TPSA) is 32.3 Å². The summed E-state index contributed by atoms with van der Waals surface area (Å²) >= 11 is 5.75. The van der Waals surface area contributed by atoms with Crippen molar-refractivity contribution in [1.29, 1.82) is 0 Å². The van der Waals surface area contributed by atoms with Crippen molar-refractivity contribution >= 4 is 11.6 Å². The first-order valence-corrected chi connectivity index (χ1v) is 3.87. The zero-order chi connectivity index (χ0) is 9.14. The number of hydrogen-bond donors (Lipinski definition) is 2. The van der Waals surface area contributed by atoms with Crippen molar-refractivity contribution in [3.05, 3.63) is 34.6 Å². The Labute approximate surface area is 74.9 Å². The molecule has 66 valence electrons. The first-order chi connectivity index (χ1) is 5.65. The van der Waals surface area contributed by atoms with E-state index in [-0.39, 0.29) is 11.9 Å². The number of nitrogens with one attached hydrogen (secondary N) is 1. The first-order valence-electron chi connectivity index (χ1n) is 3.49. The molecule has 1 aromatic rings. The Morgan fingerprint density at radius 3 is 2.83 bits per heavy atom. The van der Waals surface area contributed by atoms with Crippen LogP contribution >= 0.6 is 11.6 Å². The molecule has 0 fully saturated rings. The van der Waals surface area contributed by atoms with Crippen molar-refractivity contribution in [1.82, 2.24) is 5.48 Å². The van der Waals surface area contributed by atoms with Crippen LogP contribution in [0.4, 0.5) is 4.39 Å². The Bertz CT molecular complexity index is 280. The summed E-state index contributed by atoms with van der Waals surface area (Å²) in [5.74, 6) is -0.364. The maximum Gasteiger partial charge on any atom is 0.123 e. The minimum Gasteiger partial charge on any atom is -0.316 e. The van der Waals surface area contributed by atoms with Crippen LogP contribution in [0.2, 0.25) is 5.02 Å². The fourth-order valence-corrected chi connectivity index (χ4v) is 1.20. The van der Waals surface area contributed by atoms with Gasteiger partial charge in [-0.2, -0.15) is 5.48 Å². The van der Waals surface area contributed by atoms with Crippen molar-refractivity contribution in [3.63, 3.8) is 0 Å². The van der Waals surface area contributed by atoms with Gasteiger partial charge in [0.15, 0.2) is 0 Å². The third-order valence-electron chi connectivity index (χ3n) is 1.62. The summed E-state index contributed by atoms with van der Waals surface area (Å²) in [5, 5.41) is 9.01. The summed E-state index contributed by atoms with van der Waals surface area (Å²) in [6.07, 6.45) is 0. The van der Waals surface area contributed by atoms with Gasteiger partial charge in [-0.05, 0) is 30.7 Å². The van der Waals surface area contributed by atoms with Gasteiger partial charge in [0, 0.05) is 5.02 Å². The Balaban J connectivity index is 3.04. The normalized spacial score (nSPS) is 13.0. The molecule has 0 heterocycles. The van der Waals surface area contributed by atoms with E-state index < -0.39 is 0 Å². The fraction of sp³-hybridized carbons (Fsp3) is 0.250. The van der Waals surface area contributed by atoms with Crippen molar-refractivity contribution in [2.75, 3.05) is 0 Å². The predicted molar refractivity (Wildman–Crippen MR) is 44.7 cm³/mol. The maximum absolute atomic E-state index is 12.7. The third-order valence-corrected chi connectivity index (χ3v) is 1.96. The van der Waals surface area contributed by atoms with Crippen molar-refractivity contribution in [2.24, 2.45) is 0 Å². The molecule has 0 aliphatic rings. The molecule has 0 spiro atoms. The van der Waals surface area contributed by atoms with Crippen LogP contribution in [0, 0.1) is 5.82 Å². The lowest BCUT2D eigenvalue weighted by Gasteiger charge is -2.10.